The van der Waals surface area contributed by atoms with Gasteiger partial charge in [-0.3, -0.25) is 4.40 Å². The molecule has 2 heterocycles. The molecule has 0 saturated carbocycles. The molecule has 0 bridgehead atoms. The number of rotatable bonds is 2. The number of halogens is 1. The van der Waals surface area contributed by atoms with Gasteiger partial charge in [0.05, 0.1) is 0 Å². The smallest absolute Gasteiger partial charge is 0.159 e. The highest BCUT2D eigenvalue weighted by Crippen LogP contribution is 2.25. The molecule has 0 saturated heterocycles. The molecule has 0 atom stereocenters. The first-order valence-corrected chi connectivity index (χ1v) is 5.84. The Balaban J connectivity index is 2.76. The third-order valence-electron chi connectivity index (χ3n) is 1.95. The van der Waals surface area contributed by atoms with Crippen molar-refractivity contribution in [2.75, 3.05) is 5.75 Å². The number of hydrogen-bond acceptors (Lipinski definition) is 3. The summed E-state index contributed by atoms with van der Waals surface area (Å²) in [5, 5.41) is 10.3. The van der Waals surface area contributed by atoms with Crippen LogP contribution in [-0.2, 0) is 0 Å². The quantitative estimate of drug-likeness (QED) is 0.596. The highest BCUT2D eigenvalue weighted by Gasteiger charge is 2.13. The summed E-state index contributed by atoms with van der Waals surface area (Å²) in [4.78, 5) is 4.35. The molecule has 0 aliphatic rings. The lowest BCUT2D eigenvalue weighted by Gasteiger charge is -1.97. The Kier molecular flexibility index (Phi) is 2.85. The van der Waals surface area contributed by atoms with Crippen molar-refractivity contribution in [2.45, 2.75) is 11.9 Å². The predicted octanol–water partition coefficient (Wildman–Crippen LogP) is 2.97. The van der Waals surface area contributed by atoms with E-state index < -0.39 is 0 Å². The molecule has 2 rings (SSSR count). The Bertz CT molecular complexity index is 541. The second kappa shape index (κ2) is 4.13. The summed E-state index contributed by atoms with van der Waals surface area (Å²) in [7, 11) is 0. The second-order valence-electron chi connectivity index (χ2n) is 2.85. The lowest BCUT2D eigenvalue weighted by atomic mass is 10.4. The fraction of sp³-hybridized carbons (Fsp3) is 0.200. The van der Waals surface area contributed by atoms with Crippen LogP contribution in [0.15, 0.2) is 23.2 Å². The van der Waals surface area contributed by atoms with E-state index in [0.717, 1.165) is 16.4 Å². The number of imidazole rings is 1. The maximum absolute atomic E-state index is 9.07. The fourth-order valence-corrected chi connectivity index (χ4v) is 2.32. The first kappa shape index (κ1) is 10.3. The molecule has 0 radical (unpaired) electrons. The maximum atomic E-state index is 9.07. The monoisotopic (exact) mass is 237 g/mol. The van der Waals surface area contributed by atoms with Crippen molar-refractivity contribution < 1.29 is 0 Å². The summed E-state index contributed by atoms with van der Waals surface area (Å²) >= 11 is 7.56. The van der Waals surface area contributed by atoms with Gasteiger partial charge in [-0.2, -0.15) is 5.26 Å². The number of hydrogen-bond donors (Lipinski definition) is 0. The molecule has 2 aromatic rings. The predicted molar refractivity (Wildman–Crippen MR) is 61.3 cm³/mol. The van der Waals surface area contributed by atoms with Crippen molar-refractivity contribution in [1.82, 2.24) is 9.38 Å². The van der Waals surface area contributed by atoms with Gasteiger partial charge in [-0.1, -0.05) is 24.6 Å². The van der Waals surface area contributed by atoms with Gasteiger partial charge in [0, 0.05) is 0 Å². The number of nitriles is 1. The molecule has 5 heteroatoms. The SMILES string of the molecule is CCSc1nc2cccc(Cl)n2c1C#N. The molecule has 76 valence electrons. The topological polar surface area (TPSA) is 41.1 Å². The van der Waals surface area contributed by atoms with E-state index in [4.69, 9.17) is 16.9 Å². The highest BCUT2D eigenvalue weighted by molar-refractivity contribution is 7.99. The normalized spacial score (nSPS) is 10.5. The fourth-order valence-electron chi connectivity index (χ4n) is 1.37. The summed E-state index contributed by atoms with van der Waals surface area (Å²) in [5.74, 6) is 0.885. The number of pyridine rings is 1. The van der Waals surface area contributed by atoms with Gasteiger partial charge >= 0.3 is 0 Å². The van der Waals surface area contributed by atoms with E-state index in [2.05, 4.69) is 11.1 Å². The van der Waals surface area contributed by atoms with Gasteiger partial charge in [0.2, 0.25) is 0 Å². The number of aromatic nitrogens is 2. The average molecular weight is 238 g/mol. The zero-order chi connectivity index (χ0) is 10.8. The summed E-state index contributed by atoms with van der Waals surface area (Å²) < 4.78 is 1.67. The standard InChI is InChI=1S/C10H8ClN3S/c1-2-15-10-7(6-12)14-8(11)4-3-5-9(14)13-10/h3-5H,2H2,1H3. The van der Waals surface area contributed by atoms with Crippen LogP contribution in [0.25, 0.3) is 5.65 Å². The zero-order valence-electron chi connectivity index (χ0n) is 8.07. The number of nitrogens with zero attached hydrogens (tertiary/aromatic N) is 3. The summed E-state index contributed by atoms with van der Waals surface area (Å²) in [6.07, 6.45) is 0. The molecule has 2 aromatic heterocycles. The zero-order valence-corrected chi connectivity index (χ0v) is 9.64. The van der Waals surface area contributed by atoms with Crippen molar-refractivity contribution in [2.24, 2.45) is 0 Å². The average Bonchev–Trinajstić information content (AvgIpc) is 2.57. The van der Waals surface area contributed by atoms with E-state index in [1.807, 2.05) is 19.1 Å². The van der Waals surface area contributed by atoms with Gasteiger partial charge in [0.1, 0.15) is 21.9 Å². The van der Waals surface area contributed by atoms with Gasteiger partial charge in [-0.15, -0.1) is 11.8 Å². The van der Waals surface area contributed by atoms with E-state index in [-0.39, 0.29) is 0 Å². The van der Waals surface area contributed by atoms with Crippen LogP contribution in [0.2, 0.25) is 5.15 Å². The molecular formula is C10H8ClN3S. The first-order chi connectivity index (χ1) is 7.27. The number of thioether (sulfide) groups is 1. The first-order valence-electron chi connectivity index (χ1n) is 4.47. The Hall–Kier alpha value is -1.18. The number of fused-ring (bicyclic) bond motifs is 1. The van der Waals surface area contributed by atoms with Crippen LogP contribution in [0.5, 0.6) is 0 Å². The Labute approximate surface area is 96.7 Å². The molecule has 0 aliphatic heterocycles. The minimum atomic E-state index is 0.513. The van der Waals surface area contributed by atoms with Crippen LogP contribution in [0.3, 0.4) is 0 Å². The van der Waals surface area contributed by atoms with Gasteiger partial charge in [0.25, 0.3) is 0 Å². The molecule has 0 fully saturated rings. The van der Waals surface area contributed by atoms with E-state index in [1.165, 1.54) is 0 Å². The van der Waals surface area contributed by atoms with Crippen LogP contribution in [0, 0.1) is 11.3 Å². The van der Waals surface area contributed by atoms with Gasteiger partial charge < -0.3 is 0 Å². The molecule has 0 N–H and O–H groups in total. The van der Waals surface area contributed by atoms with Gasteiger partial charge in [0.15, 0.2) is 5.69 Å². The highest BCUT2D eigenvalue weighted by atomic mass is 35.5. The molecular weight excluding hydrogens is 230 g/mol. The lowest BCUT2D eigenvalue weighted by Crippen LogP contribution is -1.89. The van der Waals surface area contributed by atoms with Crippen molar-refractivity contribution in [3.8, 4) is 6.07 Å². The molecule has 0 aliphatic carbocycles. The van der Waals surface area contributed by atoms with Crippen molar-refractivity contribution in [3.63, 3.8) is 0 Å². The third kappa shape index (κ3) is 1.69. The van der Waals surface area contributed by atoms with Crippen molar-refractivity contribution in [3.05, 3.63) is 29.0 Å². The van der Waals surface area contributed by atoms with E-state index in [9.17, 15) is 0 Å². The minimum Gasteiger partial charge on any atom is -0.273 e. The summed E-state index contributed by atoms with van der Waals surface area (Å²) in [5.41, 5.74) is 1.23. The van der Waals surface area contributed by atoms with Gasteiger partial charge in [-0.05, 0) is 17.9 Å². The lowest BCUT2D eigenvalue weighted by molar-refractivity contribution is 1.13. The van der Waals surface area contributed by atoms with E-state index in [1.54, 1.807) is 22.2 Å². The molecule has 0 spiro atoms. The molecule has 0 unspecified atom stereocenters. The molecule has 15 heavy (non-hydrogen) atoms. The second-order valence-corrected chi connectivity index (χ2v) is 4.49. The van der Waals surface area contributed by atoms with Crippen LogP contribution in [-0.4, -0.2) is 15.1 Å². The molecule has 0 aromatic carbocycles. The molecule has 0 amide bonds. The van der Waals surface area contributed by atoms with E-state index in [0.29, 0.717) is 10.8 Å². The van der Waals surface area contributed by atoms with Crippen molar-refractivity contribution in [1.29, 1.82) is 5.26 Å². The summed E-state index contributed by atoms with van der Waals surface area (Å²) in [6.45, 7) is 2.03. The van der Waals surface area contributed by atoms with Gasteiger partial charge in [-0.25, -0.2) is 4.98 Å². The maximum Gasteiger partial charge on any atom is 0.159 e. The Morgan fingerprint density at radius 3 is 3.07 bits per heavy atom. The summed E-state index contributed by atoms with van der Waals surface area (Å²) in [6, 6.07) is 7.55. The minimum absolute atomic E-state index is 0.513. The van der Waals surface area contributed by atoms with Crippen LogP contribution < -0.4 is 0 Å². The molecule has 3 nitrogen and oxygen atoms in total. The largest absolute Gasteiger partial charge is 0.273 e. The Morgan fingerprint density at radius 1 is 1.60 bits per heavy atom. The third-order valence-corrected chi connectivity index (χ3v) is 3.09. The van der Waals surface area contributed by atoms with E-state index >= 15 is 0 Å². The van der Waals surface area contributed by atoms with Crippen LogP contribution in [0.4, 0.5) is 0 Å². The van der Waals surface area contributed by atoms with Crippen molar-refractivity contribution >= 4 is 29.0 Å². The Morgan fingerprint density at radius 2 is 2.40 bits per heavy atom. The van der Waals surface area contributed by atoms with Crippen LogP contribution in [0.1, 0.15) is 12.6 Å². The van der Waals surface area contributed by atoms with Crippen LogP contribution >= 0.6 is 23.4 Å².